The molecular formula is C42H74NO8P. The molecule has 0 heterocycles. The van der Waals surface area contributed by atoms with Gasteiger partial charge < -0.3 is 27.9 Å². The van der Waals surface area contributed by atoms with Gasteiger partial charge in [-0.15, -0.1) is 0 Å². The molecule has 0 saturated carbocycles. The zero-order chi connectivity index (χ0) is 38.6. The van der Waals surface area contributed by atoms with Crippen LogP contribution in [-0.4, -0.2) is 70.0 Å². The fourth-order valence-electron chi connectivity index (χ4n) is 4.92. The first kappa shape index (κ1) is 49.7. The summed E-state index contributed by atoms with van der Waals surface area (Å²) in [5, 5.41) is 0. The Bertz CT molecular complexity index is 1080. The van der Waals surface area contributed by atoms with Crippen molar-refractivity contribution in [2.75, 3.05) is 47.5 Å². The van der Waals surface area contributed by atoms with Crippen LogP contribution in [0.3, 0.4) is 0 Å². The maximum atomic E-state index is 12.6. The predicted octanol–water partition coefficient (Wildman–Crippen LogP) is 10.3. The van der Waals surface area contributed by atoms with Gasteiger partial charge in [-0.05, 0) is 51.4 Å². The smallest absolute Gasteiger partial charge is 0.306 e. The zero-order valence-corrected chi connectivity index (χ0v) is 34.4. The van der Waals surface area contributed by atoms with E-state index in [1.54, 1.807) is 0 Å². The standard InChI is InChI=1S/C42H74NO8P/c1-6-8-10-12-14-16-18-19-20-21-22-23-25-27-29-31-33-35-42(45)51-40(39-50-52(46,47)49-37-36-43(3,4)5)38-48-41(44)34-32-30-28-26-24-17-15-13-11-9-7-2/h8,10,14,16,19-20,22-23,27,29,40H,6-7,9,11-13,15,17-18,21,24-26,28,30-39H2,1-5H3/b10-8+,16-14+,20-19+,23-22+,29-27+/t40-/m1/s1. The molecular weight excluding hydrogens is 677 g/mol. The summed E-state index contributed by atoms with van der Waals surface area (Å²) in [6.45, 7) is 4.01. The number of hydrogen-bond donors (Lipinski definition) is 0. The number of likely N-dealkylation sites (N-methyl/N-ethyl adjacent to an activating group) is 1. The lowest BCUT2D eigenvalue weighted by Gasteiger charge is -2.28. The molecule has 0 fully saturated rings. The minimum atomic E-state index is -4.63. The lowest BCUT2D eigenvalue weighted by Crippen LogP contribution is -2.37. The van der Waals surface area contributed by atoms with Crippen molar-refractivity contribution in [3.63, 3.8) is 0 Å². The van der Waals surface area contributed by atoms with E-state index in [0.29, 0.717) is 23.9 Å². The number of unbranched alkanes of at least 4 members (excludes halogenated alkanes) is 11. The molecule has 300 valence electrons. The average molecular weight is 752 g/mol. The summed E-state index contributed by atoms with van der Waals surface area (Å²) in [6, 6.07) is 0. The van der Waals surface area contributed by atoms with Gasteiger partial charge in [0.05, 0.1) is 27.7 Å². The Labute approximate surface area is 317 Å². The summed E-state index contributed by atoms with van der Waals surface area (Å²) in [5.41, 5.74) is 0. The van der Waals surface area contributed by atoms with Crippen molar-refractivity contribution in [3.05, 3.63) is 60.8 Å². The second-order valence-corrected chi connectivity index (χ2v) is 15.7. The van der Waals surface area contributed by atoms with Crippen LogP contribution in [0.1, 0.15) is 142 Å². The van der Waals surface area contributed by atoms with Gasteiger partial charge in [0, 0.05) is 12.8 Å². The molecule has 9 nitrogen and oxygen atoms in total. The second kappa shape index (κ2) is 34.5. The van der Waals surface area contributed by atoms with Crippen molar-refractivity contribution >= 4 is 19.8 Å². The summed E-state index contributed by atoms with van der Waals surface area (Å²) < 4.78 is 33.7. The number of phosphoric ester groups is 1. The van der Waals surface area contributed by atoms with Crippen LogP contribution in [0.25, 0.3) is 0 Å². The van der Waals surface area contributed by atoms with Gasteiger partial charge in [0.1, 0.15) is 19.8 Å². The van der Waals surface area contributed by atoms with Crippen molar-refractivity contribution in [1.29, 1.82) is 0 Å². The van der Waals surface area contributed by atoms with Gasteiger partial charge in [-0.3, -0.25) is 14.2 Å². The van der Waals surface area contributed by atoms with Crippen LogP contribution in [0.5, 0.6) is 0 Å². The number of rotatable bonds is 35. The minimum absolute atomic E-state index is 0.0432. The number of allylic oxidation sites excluding steroid dienone is 10. The molecule has 0 aromatic heterocycles. The fourth-order valence-corrected chi connectivity index (χ4v) is 5.65. The monoisotopic (exact) mass is 752 g/mol. The molecule has 0 N–H and O–H groups in total. The Hall–Kier alpha value is -2.29. The number of ether oxygens (including phenoxy) is 2. The number of nitrogens with zero attached hydrogens (tertiary/aromatic N) is 1. The lowest BCUT2D eigenvalue weighted by atomic mass is 10.1. The summed E-state index contributed by atoms with van der Waals surface area (Å²) in [4.78, 5) is 37.3. The van der Waals surface area contributed by atoms with Crippen LogP contribution in [-0.2, 0) is 32.7 Å². The first-order valence-electron chi connectivity index (χ1n) is 20.0. The summed E-state index contributed by atoms with van der Waals surface area (Å²) in [5.74, 6) is -0.908. The maximum absolute atomic E-state index is 12.6. The number of quaternary nitrogens is 1. The molecule has 52 heavy (non-hydrogen) atoms. The van der Waals surface area contributed by atoms with Crippen molar-refractivity contribution in [1.82, 2.24) is 0 Å². The highest BCUT2D eigenvalue weighted by atomic mass is 31.2. The molecule has 0 bridgehead atoms. The number of hydrogen-bond acceptors (Lipinski definition) is 8. The summed E-state index contributed by atoms with van der Waals surface area (Å²) in [7, 11) is 1.12. The van der Waals surface area contributed by atoms with Crippen molar-refractivity contribution < 1.29 is 42.1 Å². The Morgan fingerprint density at radius 2 is 1.10 bits per heavy atom. The molecule has 0 aliphatic rings. The molecule has 2 atom stereocenters. The van der Waals surface area contributed by atoms with Gasteiger partial charge in [0.15, 0.2) is 6.10 Å². The van der Waals surface area contributed by atoms with Gasteiger partial charge in [0.25, 0.3) is 7.82 Å². The molecule has 0 amide bonds. The normalized spacial score (nSPS) is 14.3. The van der Waals surface area contributed by atoms with Gasteiger partial charge in [-0.1, -0.05) is 139 Å². The third-order valence-corrected chi connectivity index (χ3v) is 9.02. The van der Waals surface area contributed by atoms with Crippen LogP contribution in [0.15, 0.2) is 60.8 Å². The minimum Gasteiger partial charge on any atom is -0.756 e. The van der Waals surface area contributed by atoms with Crippen LogP contribution >= 0.6 is 7.82 Å². The van der Waals surface area contributed by atoms with Crippen molar-refractivity contribution in [2.24, 2.45) is 0 Å². The van der Waals surface area contributed by atoms with E-state index in [1.165, 1.54) is 51.4 Å². The Balaban J connectivity index is 4.53. The van der Waals surface area contributed by atoms with Crippen LogP contribution in [0.2, 0.25) is 0 Å². The molecule has 10 heteroatoms. The summed E-state index contributed by atoms with van der Waals surface area (Å²) in [6.07, 6.45) is 39.7. The van der Waals surface area contributed by atoms with Crippen molar-refractivity contribution in [3.8, 4) is 0 Å². The second-order valence-electron chi connectivity index (χ2n) is 14.3. The van der Waals surface area contributed by atoms with E-state index >= 15 is 0 Å². The fraction of sp³-hybridized carbons (Fsp3) is 0.714. The molecule has 0 radical (unpaired) electrons. The van der Waals surface area contributed by atoms with Crippen LogP contribution in [0, 0.1) is 0 Å². The largest absolute Gasteiger partial charge is 0.756 e. The molecule has 0 aliphatic carbocycles. The third kappa shape index (κ3) is 37.5. The lowest BCUT2D eigenvalue weighted by molar-refractivity contribution is -0.870. The van der Waals surface area contributed by atoms with E-state index in [-0.39, 0.29) is 26.1 Å². The molecule has 0 saturated heterocycles. The first-order chi connectivity index (χ1) is 25.0. The quantitative estimate of drug-likeness (QED) is 0.0207. The van der Waals surface area contributed by atoms with Gasteiger partial charge in [0.2, 0.25) is 0 Å². The van der Waals surface area contributed by atoms with E-state index in [1.807, 2.05) is 27.2 Å². The van der Waals surface area contributed by atoms with Gasteiger partial charge in [-0.2, -0.15) is 0 Å². The highest BCUT2D eigenvalue weighted by molar-refractivity contribution is 7.45. The van der Waals surface area contributed by atoms with E-state index in [4.69, 9.17) is 18.5 Å². The van der Waals surface area contributed by atoms with Crippen LogP contribution < -0.4 is 4.89 Å². The maximum Gasteiger partial charge on any atom is 0.306 e. The third-order valence-electron chi connectivity index (χ3n) is 8.05. The molecule has 0 aliphatic heterocycles. The molecule has 0 spiro atoms. The van der Waals surface area contributed by atoms with Gasteiger partial charge in [-0.25, -0.2) is 0 Å². The van der Waals surface area contributed by atoms with Crippen molar-refractivity contribution in [2.45, 2.75) is 148 Å². The van der Waals surface area contributed by atoms with E-state index in [2.05, 4.69) is 68.5 Å². The number of phosphoric acid groups is 1. The van der Waals surface area contributed by atoms with Gasteiger partial charge >= 0.3 is 11.9 Å². The molecule has 0 rings (SSSR count). The van der Waals surface area contributed by atoms with E-state index in [0.717, 1.165) is 51.4 Å². The SMILES string of the molecule is CC/C=C/C/C=C/C/C=C/C/C=C/C/C=C/CCCC(=O)O[C@H](COC(=O)CCCCCCCCCCCCC)COP(=O)([O-])OCC[N+](C)(C)C. The molecule has 0 aromatic carbocycles. The first-order valence-corrected chi connectivity index (χ1v) is 21.5. The number of esters is 2. The van der Waals surface area contributed by atoms with E-state index in [9.17, 15) is 19.0 Å². The van der Waals surface area contributed by atoms with Crippen LogP contribution in [0.4, 0.5) is 0 Å². The topological polar surface area (TPSA) is 111 Å². The Morgan fingerprint density at radius 1 is 0.615 bits per heavy atom. The number of carbonyl (C=O) groups is 2. The molecule has 1 unspecified atom stereocenters. The zero-order valence-electron chi connectivity index (χ0n) is 33.5. The Kier molecular flexibility index (Phi) is 33.0. The summed E-state index contributed by atoms with van der Waals surface area (Å²) >= 11 is 0. The predicted molar refractivity (Wildman–Crippen MR) is 213 cm³/mol. The highest BCUT2D eigenvalue weighted by Crippen LogP contribution is 2.38. The number of carbonyl (C=O) groups excluding carboxylic acids is 2. The highest BCUT2D eigenvalue weighted by Gasteiger charge is 2.21. The Morgan fingerprint density at radius 3 is 1.62 bits per heavy atom. The molecule has 0 aromatic rings. The van der Waals surface area contributed by atoms with E-state index < -0.39 is 32.5 Å². The average Bonchev–Trinajstić information content (AvgIpc) is 3.09.